The molecule has 1 aromatic carbocycles. The molecule has 0 unspecified atom stereocenters. The lowest BCUT2D eigenvalue weighted by molar-refractivity contribution is 0.466. The number of aryl methyl sites for hydroxylation is 1. The van der Waals surface area contributed by atoms with Crippen molar-refractivity contribution in [2.75, 3.05) is 12.8 Å². The molecule has 0 aliphatic rings. The highest BCUT2D eigenvalue weighted by Gasteiger charge is 2.24. The highest BCUT2D eigenvalue weighted by Crippen LogP contribution is 2.28. The Labute approximate surface area is 122 Å². The van der Waals surface area contributed by atoms with Crippen LogP contribution in [0, 0.1) is 6.92 Å². The lowest BCUT2D eigenvalue weighted by atomic mass is 10.2. The van der Waals surface area contributed by atoms with Gasteiger partial charge in [-0.15, -0.1) is 0 Å². The minimum atomic E-state index is -3.63. The summed E-state index contributed by atoms with van der Waals surface area (Å²) in [6.45, 7) is 1.91. The largest absolute Gasteiger partial charge is 0.397 e. The van der Waals surface area contributed by atoms with E-state index in [0.29, 0.717) is 10.6 Å². The molecule has 0 radical (unpaired) electrons. The molecule has 0 saturated carbocycles. The number of nitrogens with zero attached hydrogens (tertiary/aromatic N) is 2. The second kappa shape index (κ2) is 5.43. The highest BCUT2D eigenvalue weighted by molar-refractivity contribution is 7.89. The SMILES string of the molecule is Cc1cc(Cl)c(N)cc1S(=O)(=O)N(C)Cc1cn[nH]c1. The Hall–Kier alpha value is -1.57. The molecule has 0 fully saturated rings. The van der Waals surface area contributed by atoms with Crippen LogP contribution >= 0.6 is 11.6 Å². The summed E-state index contributed by atoms with van der Waals surface area (Å²) in [4.78, 5) is 0.158. The van der Waals surface area contributed by atoms with Crippen molar-refractivity contribution in [3.63, 3.8) is 0 Å². The third-order valence-corrected chi connectivity index (χ3v) is 5.22. The van der Waals surface area contributed by atoms with Gasteiger partial charge in [0.15, 0.2) is 0 Å². The first-order valence-corrected chi connectivity index (χ1v) is 7.64. The van der Waals surface area contributed by atoms with Gasteiger partial charge in [-0.1, -0.05) is 11.6 Å². The molecule has 1 heterocycles. The molecule has 0 atom stereocenters. The van der Waals surface area contributed by atoms with E-state index in [4.69, 9.17) is 17.3 Å². The van der Waals surface area contributed by atoms with Gasteiger partial charge in [-0.05, 0) is 24.6 Å². The molecule has 0 aliphatic carbocycles. The van der Waals surface area contributed by atoms with Gasteiger partial charge in [0.05, 0.1) is 21.8 Å². The first-order valence-electron chi connectivity index (χ1n) is 5.82. The molecule has 0 aliphatic heterocycles. The second-order valence-electron chi connectivity index (χ2n) is 4.51. The Balaban J connectivity index is 2.37. The summed E-state index contributed by atoms with van der Waals surface area (Å²) in [5, 5.41) is 6.78. The first-order chi connectivity index (χ1) is 9.32. The number of aromatic amines is 1. The number of aromatic nitrogens is 2. The molecule has 1 aromatic heterocycles. The third-order valence-electron chi connectivity index (χ3n) is 2.94. The van der Waals surface area contributed by atoms with E-state index in [1.54, 1.807) is 25.4 Å². The molecule has 8 heteroatoms. The van der Waals surface area contributed by atoms with Crippen molar-refractivity contribution in [2.45, 2.75) is 18.4 Å². The van der Waals surface area contributed by atoms with Gasteiger partial charge in [-0.3, -0.25) is 5.10 Å². The van der Waals surface area contributed by atoms with Crippen molar-refractivity contribution < 1.29 is 8.42 Å². The summed E-state index contributed by atoms with van der Waals surface area (Å²) >= 11 is 5.88. The molecule has 6 nitrogen and oxygen atoms in total. The average molecular weight is 315 g/mol. The van der Waals surface area contributed by atoms with Gasteiger partial charge in [0, 0.05) is 25.4 Å². The Kier molecular flexibility index (Phi) is 4.03. The van der Waals surface area contributed by atoms with Gasteiger partial charge in [-0.2, -0.15) is 9.40 Å². The van der Waals surface area contributed by atoms with Gasteiger partial charge < -0.3 is 5.73 Å². The lowest BCUT2D eigenvalue weighted by Crippen LogP contribution is -2.27. The van der Waals surface area contributed by atoms with Crippen molar-refractivity contribution in [1.29, 1.82) is 0 Å². The molecule has 20 heavy (non-hydrogen) atoms. The third kappa shape index (κ3) is 2.79. The van der Waals surface area contributed by atoms with Crippen molar-refractivity contribution in [3.05, 3.63) is 40.7 Å². The van der Waals surface area contributed by atoms with Crippen LogP contribution in [0.4, 0.5) is 5.69 Å². The van der Waals surface area contributed by atoms with Crippen LogP contribution < -0.4 is 5.73 Å². The quantitative estimate of drug-likeness (QED) is 0.841. The smallest absolute Gasteiger partial charge is 0.243 e. The predicted molar refractivity (Wildman–Crippen MR) is 77.8 cm³/mol. The van der Waals surface area contributed by atoms with Crippen LogP contribution in [-0.4, -0.2) is 30.0 Å². The van der Waals surface area contributed by atoms with Gasteiger partial charge in [0.25, 0.3) is 0 Å². The fourth-order valence-corrected chi connectivity index (χ4v) is 3.44. The number of benzene rings is 1. The van der Waals surface area contributed by atoms with Gasteiger partial charge in [0.2, 0.25) is 10.0 Å². The van der Waals surface area contributed by atoms with Gasteiger partial charge in [-0.25, -0.2) is 8.42 Å². The van der Waals surface area contributed by atoms with Gasteiger partial charge in [0.1, 0.15) is 0 Å². The molecule has 0 spiro atoms. The van der Waals surface area contributed by atoms with E-state index >= 15 is 0 Å². The molecule has 0 saturated heterocycles. The summed E-state index contributed by atoms with van der Waals surface area (Å²) < 4.78 is 26.3. The summed E-state index contributed by atoms with van der Waals surface area (Å²) in [6.07, 6.45) is 3.23. The lowest BCUT2D eigenvalue weighted by Gasteiger charge is -2.18. The Morgan fingerprint density at radius 2 is 2.15 bits per heavy atom. The first kappa shape index (κ1) is 14.8. The Bertz CT molecular complexity index is 713. The number of hydrogen-bond donors (Lipinski definition) is 2. The molecule has 108 valence electrons. The van der Waals surface area contributed by atoms with Crippen LogP contribution in [-0.2, 0) is 16.6 Å². The van der Waals surface area contributed by atoms with E-state index in [1.165, 1.54) is 17.4 Å². The summed E-state index contributed by atoms with van der Waals surface area (Å²) in [6, 6.07) is 2.94. The zero-order valence-corrected chi connectivity index (χ0v) is 12.7. The summed E-state index contributed by atoms with van der Waals surface area (Å²) in [7, 11) is -2.13. The molecule has 2 rings (SSSR count). The van der Waals surface area contributed by atoms with Gasteiger partial charge >= 0.3 is 0 Å². The van der Waals surface area contributed by atoms with Crippen molar-refractivity contribution in [2.24, 2.45) is 0 Å². The molecule has 3 N–H and O–H groups in total. The van der Waals surface area contributed by atoms with Crippen LogP contribution in [0.5, 0.6) is 0 Å². The molecule has 0 amide bonds. The maximum Gasteiger partial charge on any atom is 0.243 e. The standard InChI is InChI=1S/C12H15ClN4O2S/c1-8-3-10(13)11(14)4-12(8)20(18,19)17(2)7-9-5-15-16-6-9/h3-6H,7,14H2,1-2H3,(H,15,16). The van der Waals surface area contributed by atoms with E-state index in [0.717, 1.165) is 5.56 Å². The number of hydrogen-bond acceptors (Lipinski definition) is 4. The molecule has 0 bridgehead atoms. The number of H-pyrrole nitrogens is 1. The maximum atomic E-state index is 12.5. The Morgan fingerprint density at radius 1 is 1.45 bits per heavy atom. The molecular weight excluding hydrogens is 300 g/mol. The highest BCUT2D eigenvalue weighted by atomic mass is 35.5. The van der Waals surface area contributed by atoms with E-state index in [9.17, 15) is 8.42 Å². The van der Waals surface area contributed by atoms with E-state index in [-0.39, 0.29) is 17.1 Å². The van der Waals surface area contributed by atoms with Crippen molar-refractivity contribution in [1.82, 2.24) is 14.5 Å². The number of sulfonamides is 1. The number of nitrogens with two attached hydrogens (primary N) is 1. The van der Waals surface area contributed by atoms with Crippen LogP contribution in [0.15, 0.2) is 29.4 Å². The second-order valence-corrected chi connectivity index (χ2v) is 6.93. The normalized spacial score (nSPS) is 12.0. The number of halogens is 1. The van der Waals surface area contributed by atoms with E-state index < -0.39 is 10.0 Å². The molecular formula is C12H15ClN4O2S. The summed E-state index contributed by atoms with van der Waals surface area (Å²) in [5.41, 5.74) is 7.27. The zero-order valence-electron chi connectivity index (χ0n) is 11.1. The Morgan fingerprint density at radius 3 is 2.75 bits per heavy atom. The fraction of sp³-hybridized carbons (Fsp3) is 0.250. The minimum Gasteiger partial charge on any atom is -0.397 e. The van der Waals surface area contributed by atoms with E-state index in [2.05, 4.69) is 10.2 Å². The van der Waals surface area contributed by atoms with Crippen molar-refractivity contribution >= 4 is 27.3 Å². The predicted octanol–water partition coefficient (Wildman–Crippen LogP) is 1.77. The van der Waals surface area contributed by atoms with Crippen LogP contribution in [0.2, 0.25) is 5.02 Å². The van der Waals surface area contributed by atoms with Crippen LogP contribution in [0.3, 0.4) is 0 Å². The zero-order chi connectivity index (χ0) is 14.9. The monoisotopic (exact) mass is 314 g/mol. The number of anilines is 1. The number of rotatable bonds is 4. The van der Waals surface area contributed by atoms with Crippen LogP contribution in [0.25, 0.3) is 0 Å². The number of nitrogens with one attached hydrogen (secondary N) is 1. The maximum absolute atomic E-state index is 12.5. The summed E-state index contributed by atoms with van der Waals surface area (Å²) in [5.74, 6) is 0. The topological polar surface area (TPSA) is 92.1 Å². The average Bonchev–Trinajstić information content (AvgIpc) is 2.86. The molecule has 2 aromatic rings. The van der Waals surface area contributed by atoms with Crippen LogP contribution in [0.1, 0.15) is 11.1 Å². The number of nitrogen functional groups attached to an aromatic ring is 1. The minimum absolute atomic E-state index is 0.158. The van der Waals surface area contributed by atoms with Crippen molar-refractivity contribution in [3.8, 4) is 0 Å². The fourth-order valence-electron chi connectivity index (χ4n) is 1.82. The van der Waals surface area contributed by atoms with E-state index in [1.807, 2.05) is 0 Å².